The Bertz CT molecular complexity index is 429. The number of unbranched alkanes of at least 4 members (excludes halogenated alkanes) is 16. The maximum absolute atomic E-state index is 12.8. The van der Waals surface area contributed by atoms with Crippen LogP contribution in [0.15, 0.2) is 0 Å². The molecule has 0 aliphatic heterocycles. The molecular formula is C30H61NO3. The van der Waals surface area contributed by atoms with Crippen LogP contribution in [-0.4, -0.2) is 34.9 Å². The van der Waals surface area contributed by atoms with E-state index in [-0.39, 0.29) is 18.4 Å². The molecule has 0 spiro atoms. The van der Waals surface area contributed by atoms with E-state index in [9.17, 15) is 15.0 Å². The van der Waals surface area contributed by atoms with Gasteiger partial charge in [-0.3, -0.25) is 4.79 Å². The number of rotatable bonds is 26. The number of carbonyl (C=O) groups is 1. The van der Waals surface area contributed by atoms with Crippen molar-refractivity contribution in [2.45, 2.75) is 174 Å². The molecule has 0 bridgehead atoms. The van der Waals surface area contributed by atoms with Gasteiger partial charge in [0.15, 0.2) is 0 Å². The minimum atomic E-state index is -0.659. The summed E-state index contributed by atoms with van der Waals surface area (Å²) in [6, 6.07) is -0.537. The summed E-state index contributed by atoms with van der Waals surface area (Å²) < 4.78 is 0. The second-order valence-electron chi connectivity index (χ2n) is 10.6. The van der Waals surface area contributed by atoms with E-state index in [1.54, 1.807) is 0 Å². The molecule has 0 saturated carbocycles. The highest BCUT2D eigenvalue weighted by molar-refractivity contribution is 5.79. The number of amides is 1. The van der Waals surface area contributed by atoms with Crippen LogP contribution >= 0.6 is 0 Å². The average molecular weight is 484 g/mol. The maximum atomic E-state index is 12.8. The van der Waals surface area contributed by atoms with Crippen molar-refractivity contribution in [3.05, 3.63) is 0 Å². The molecule has 0 aliphatic rings. The standard InChI is InChI=1S/C30H61NO3/c1-4-7-10-12-13-14-15-16-17-18-19-20-22-25-29(33)28(26-32)31-30(34)27(23-9-6-3)24-21-11-8-5-2/h27-29,32-33H,4-26H2,1-3H3,(H,31,34). The van der Waals surface area contributed by atoms with Crippen LogP contribution in [0.4, 0.5) is 0 Å². The van der Waals surface area contributed by atoms with Crippen LogP contribution in [0.3, 0.4) is 0 Å². The predicted molar refractivity (Wildman–Crippen MR) is 147 cm³/mol. The van der Waals surface area contributed by atoms with Gasteiger partial charge >= 0.3 is 0 Å². The van der Waals surface area contributed by atoms with Crippen molar-refractivity contribution < 1.29 is 15.0 Å². The third-order valence-electron chi connectivity index (χ3n) is 7.28. The molecule has 0 aliphatic carbocycles. The van der Waals surface area contributed by atoms with E-state index in [0.29, 0.717) is 6.42 Å². The Morgan fingerprint density at radius 3 is 1.44 bits per heavy atom. The molecule has 3 N–H and O–H groups in total. The SMILES string of the molecule is CCCCCCCCCCCCCCCC(O)C(CO)NC(=O)C(CCCC)CCCCCC. The highest BCUT2D eigenvalue weighted by Crippen LogP contribution is 2.19. The zero-order valence-corrected chi connectivity index (χ0v) is 23.3. The second kappa shape index (κ2) is 25.5. The molecule has 0 heterocycles. The van der Waals surface area contributed by atoms with Gasteiger partial charge in [0.05, 0.1) is 18.8 Å². The molecule has 0 aromatic rings. The van der Waals surface area contributed by atoms with E-state index in [1.807, 2.05) is 0 Å². The second-order valence-corrected chi connectivity index (χ2v) is 10.6. The molecule has 0 aromatic carbocycles. The molecule has 1 amide bonds. The lowest BCUT2D eigenvalue weighted by molar-refractivity contribution is -0.127. The van der Waals surface area contributed by atoms with Crippen LogP contribution in [0.1, 0.15) is 162 Å². The number of hydrogen-bond acceptors (Lipinski definition) is 3. The largest absolute Gasteiger partial charge is 0.394 e. The van der Waals surface area contributed by atoms with E-state index in [0.717, 1.165) is 44.9 Å². The van der Waals surface area contributed by atoms with Gasteiger partial charge in [-0.2, -0.15) is 0 Å². The maximum Gasteiger partial charge on any atom is 0.223 e. The Kier molecular flexibility index (Phi) is 25.0. The zero-order chi connectivity index (χ0) is 25.3. The summed E-state index contributed by atoms with van der Waals surface area (Å²) in [5, 5.41) is 23.3. The summed E-state index contributed by atoms with van der Waals surface area (Å²) in [6.07, 6.45) is 25.6. The fraction of sp³-hybridized carbons (Fsp3) is 0.967. The zero-order valence-electron chi connectivity index (χ0n) is 23.3. The first-order valence-electron chi connectivity index (χ1n) is 15.2. The summed E-state index contributed by atoms with van der Waals surface area (Å²) in [7, 11) is 0. The number of carbonyl (C=O) groups excluding carboxylic acids is 1. The molecule has 0 aromatic heterocycles. The van der Waals surface area contributed by atoms with Crippen molar-refractivity contribution in [1.82, 2.24) is 5.32 Å². The van der Waals surface area contributed by atoms with E-state index in [4.69, 9.17) is 0 Å². The lowest BCUT2D eigenvalue weighted by Crippen LogP contribution is -2.48. The van der Waals surface area contributed by atoms with Gasteiger partial charge < -0.3 is 15.5 Å². The molecule has 3 atom stereocenters. The molecule has 204 valence electrons. The molecule has 4 nitrogen and oxygen atoms in total. The lowest BCUT2D eigenvalue weighted by atomic mass is 9.93. The van der Waals surface area contributed by atoms with Crippen molar-refractivity contribution in [1.29, 1.82) is 0 Å². The van der Waals surface area contributed by atoms with Gasteiger partial charge in [0.1, 0.15) is 0 Å². The monoisotopic (exact) mass is 483 g/mol. The Labute approximate surface area is 213 Å². The summed E-state index contributed by atoms with van der Waals surface area (Å²) in [5.74, 6) is 0.0304. The number of nitrogens with one attached hydrogen (secondary N) is 1. The lowest BCUT2D eigenvalue weighted by Gasteiger charge is -2.25. The molecule has 34 heavy (non-hydrogen) atoms. The first kappa shape index (κ1) is 33.4. The molecule has 0 radical (unpaired) electrons. The first-order chi connectivity index (χ1) is 16.6. The molecule has 0 rings (SSSR count). The summed E-state index contributed by atoms with van der Waals surface area (Å²) in [4.78, 5) is 12.8. The fourth-order valence-corrected chi connectivity index (χ4v) is 4.81. The van der Waals surface area contributed by atoms with Gasteiger partial charge in [0.2, 0.25) is 5.91 Å². The predicted octanol–water partition coefficient (Wildman–Crippen LogP) is 8.08. The van der Waals surface area contributed by atoms with Gasteiger partial charge in [-0.15, -0.1) is 0 Å². The van der Waals surface area contributed by atoms with E-state index in [2.05, 4.69) is 26.1 Å². The van der Waals surface area contributed by atoms with Gasteiger partial charge in [0.25, 0.3) is 0 Å². The smallest absolute Gasteiger partial charge is 0.223 e. The number of aliphatic hydroxyl groups excluding tert-OH is 2. The quantitative estimate of drug-likeness (QED) is 0.109. The minimum absolute atomic E-state index is 0.00870. The molecular weight excluding hydrogens is 422 g/mol. The van der Waals surface area contributed by atoms with Crippen LogP contribution in [0.2, 0.25) is 0 Å². The van der Waals surface area contributed by atoms with Crippen molar-refractivity contribution in [3.8, 4) is 0 Å². The van der Waals surface area contributed by atoms with Gasteiger partial charge in [-0.25, -0.2) is 0 Å². The van der Waals surface area contributed by atoms with Crippen LogP contribution in [0.25, 0.3) is 0 Å². The first-order valence-corrected chi connectivity index (χ1v) is 15.2. The van der Waals surface area contributed by atoms with Gasteiger partial charge in [0, 0.05) is 5.92 Å². The normalized spacial score (nSPS) is 14.1. The summed E-state index contributed by atoms with van der Waals surface area (Å²) >= 11 is 0. The summed E-state index contributed by atoms with van der Waals surface area (Å²) in [6.45, 7) is 6.43. The van der Waals surface area contributed by atoms with Crippen molar-refractivity contribution in [3.63, 3.8) is 0 Å². The van der Waals surface area contributed by atoms with Crippen molar-refractivity contribution in [2.24, 2.45) is 5.92 Å². The Morgan fingerprint density at radius 2 is 0.971 bits per heavy atom. The van der Waals surface area contributed by atoms with Gasteiger partial charge in [-0.05, 0) is 19.3 Å². The van der Waals surface area contributed by atoms with Crippen LogP contribution in [0, 0.1) is 5.92 Å². The van der Waals surface area contributed by atoms with E-state index < -0.39 is 12.1 Å². The minimum Gasteiger partial charge on any atom is -0.394 e. The van der Waals surface area contributed by atoms with E-state index in [1.165, 1.54) is 89.9 Å². The van der Waals surface area contributed by atoms with Crippen molar-refractivity contribution in [2.75, 3.05) is 6.61 Å². The highest BCUT2D eigenvalue weighted by Gasteiger charge is 2.24. The van der Waals surface area contributed by atoms with Gasteiger partial charge in [-0.1, -0.05) is 143 Å². The Balaban J connectivity index is 3.99. The topological polar surface area (TPSA) is 69.6 Å². The summed E-state index contributed by atoms with van der Waals surface area (Å²) in [5.41, 5.74) is 0. The third kappa shape index (κ3) is 19.7. The van der Waals surface area contributed by atoms with Crippen LogP contribution < -0.4 is 5.32 Å². The fourth-order valence-electron chi connectivity index (χ4n) is 4.81. The third-order valence-corrected chi connectivity index (χ3v) is 7.28. The number of aliphatic hydroxyl groups is 2. The highest BCUT2D eigenvalue weighted by atomic mass is 16.3. The van der Waals surface area contributed by atoms with E-state index >= 15 is 0 Å². The molecule has 3 unspecified atom stereocenters. The number of hydrogen-bond donors (Lipinski definition) is 3. The van der Waals surface area contributed by atoms with Crippen molar-refractivity contribution >= 4 is 5.91 Å². The Morgan fingerprint density at radius 1 is 0.588 bits per heavy atom. The molecule has 0 saturated heterocycles. The molecule has 0 fully saturated rings. The molecule has 4 heteroatoms. The van der Waals surface area contributed by atoms with Crippen LogP contribution in [0.5, 0.6) is 0 Å². The Hall–Kier alpha value is -0.610. The average Bonchev–Trinajstić information content (AvgIpc) is 2.84. The van der Waals surface area contributed by atoms with Crippen LogP contribution in [-0.2, 0) is 4.79 Å².